The Bertz CT molecular complexity index is 699. The van der Waals surface area contributed by atoms with Gasteiger partial charge in [-0.05, 0) is 37.5 Å². The molecule has 0 radical (unpaired) electrons. The Labute approximate surface area is 129 Å². The Morgan fingerprint density at radius 3 is 2.81 bits per heavy atom. The van der Waals surface area contributed by atoms with Crippen molar-refractivity contribution in [3.63, 3.8) is 0 Å². The zero-order valence-electron chi connectivity index (χ0n) is 11.4. The van der Waals surface area contributed by atoms with E-state index in [4.69, 9.17) is 16.9 Å². The lowest BCUT2D eigenvalue weighted by atomic mass is 10.1. The highest BCUT2D eigenvalue weighted by Crippen LogP contribution is 2.29. The summed E-state index contributed by atoms with van der Waals surface area (Å²) in [4.78, 5) is 0.0287. The molecule has 0 aromatic heterocycles. The van der Waals surface area contributed by atoms with Crippen molar-refractivity contribution >= 4 is 21.6 Å². The molecule has 2 saturated heterocycles. The average molecular weight is 326 g/mol. The maximum Gasteiger partial charge on any atom is 0.244 e. The van der Waals surface area contributed by atoms with Crippen LogP contribution in [0.1, 0.15) is 24.8 Å². The van der Waals surface area contributed by atoms with Crippen LogP contribution in [0.15, 0.2) is 23.1 Å². The number of hydrogen-bond acceptors (Lipinski definition) is 4. The van der Waals surface area contributed by atoms with Crippen molar-refractivity contribution < 1.29 is 8.42 Å². The third-order valence-electron chi connectivity index (χ3n) is 4.16. The highest BCUT2D eigenvalue weighted by atomic mass is 35.5. The first-order chi connectivity index (χ1) is 10.0. The molecular weight excluding hydrogens is 310 g/mol. The number of rotatable bonds is 2. The van der Waals surface area contributed by atoms with Crippen LogP contribution in [0.5, 0.6) is 0 Å². The maximum absolute atomic E-state index is 12.8. The Morgan fingerprint density at radius 2 is 2.05 bits per heavy atom. The molecule has 2 unspecified atom stereocenters. The van der Waals surface area contributed by atoms with Gasteiger partial charge in [-0.1, -0.05) is 11.6 Å². The van der Waals surface area contributed by atoms with E-state index in [1.807, 2.05) is 6.07 Å². The second-order valence-corrected chi connectivity index (χ2v) is 7.86. The number of nitrogens with one attached hydrogen (secondary N) is 1. The Kier molecular flexibility index (Phi) is 3.93. The molecule has 112 valence electrons. The fourth-order valence-electron chi connectivity index (χ4n) is 3.04. The molecule has 7 heteroatoms. The van der Waals surface area contributed by atoms with Crippen LogP contribution in [0.25, 0.3) is 0 Å². The number of sulfonamides is 1. The number of halogens is 1. The number of nitrogens with zero attached hydrogens (tertiary/aromatic N) is 2. The molecule has 3 rings (SSSR count). The predicted octanol–water partition coefficient (Wildman–Crippen LogP) is 1.73. The van der Waals surface area contributed by atoms with Gasteiger partial charge in [0.25, 0.3) is 0 Å². The van der Waals surface area contributed by atoms with Gasteiger partial charge in [0.05, 0.1) is 16.7 Å². The first kappa shape index (κ1) is 14.8. The van der Waals surface area contributed by atoms with Gasteiger partial charge in [-0.25, -0.2) is 8.42 Å². The van der Waals surface area contributed by atoms with E-state index < -0.39 is 10.0 Å². The molecule has 2 fully saturated rings. The van der Waals surface area contributed by atoms with Crippen molar-refractivity contribution in [1.82, 2.24) is 9.62 Å². The zero-order chi connectivity index (χ0) is 15.0. The zero-order valence-corrected chi connectivity index (χ0v) is 13.0. The molecule has 0 spiro atoms. The fourth-order valence-corrected chi connectivity index (χ4v) is 5.04. The van der Waals surface area contributed by atoms with Gasteiger partial charge < -0.3 is 5.32 Å². The second-order valence-electron chi connectivity index (χ2n) is 5.55. The third-order valence-corrected chi connectivity index (χ3v) is 6.51. The van der Waals surface area contributed by atoms with Crippen LogP contribution in [-0.2, 0) is 10.0 Å². The van der Waals surface area contributed by atoms with Gasteiger partial charge in [0, 0.05) is 25.2 Å². The molecule has 1 N–H and O–H groups in total. The highest BCUT2D eigenvalue weighted by molar-refractivity contribution is 7.89. The molecule has 0 amide bonds. The quantitative estimate of drug-likeness (QED) is 0.898. The predicted molar refractivity (Wildman–Crippen MR) is 79.5 cm³/mol. The Morgan fingerprint density at radius 1 is 1.29 bits per heavy atom. The maximum atomic E-state index is 12.8. The lowest BCUT2D eigenvalue weighted by Crippen LogP contribution is -2.39. The van der Waals surface area contributed by atoms with Crippen molar-refractivity contribution in [2.45, 2.75) is 36.2 Å². The minimum absolute atomic E-state index is 0.0287. The summed E-state index contributed by atoms with van der Waals surface area (Å²) in [5, 5.41) is 12.6. The minimum atomic E-state index is -3.66. The summed E-state index contributed by atoms with van der Waals surface area (Å²) in [6.45, 7) is 0.954. The summed E-state index contributed by atoms with van der Waals surface area (Å²) < 4.78 is 27.1. The van der Waals surface area contributed by atoms with E-state index in [9.17, 15) is 8.42 Å². The van der Waals surface area contributed by atoms with Crippen LogP contribution in [0.4, 0.5) is 0 Å². The lowest BCUT2D eigenvalue weighted by molar-refractivity contribution is 0.383. The van der Waals surface area contributed by atoms with E-state index in [2.05, 4.69) is 5.32 Å². The van der Waals surface area contributed by atoms with Gasteiger partial charge in [-0.3, -0.25) is 0 Å². The molecule has 2 atom stereocenters. The first-order valence-electron chi connectivity index (χ1n) is 6.96. The third kappa shape index (κ3) is 2.79. The monoisotopic (exact) mass is 325 g/mol. The summed E-state index contributed by atoms with van der Waals surface area (Å²) in [6.07, 6.45) is 2.93. The molecule has 0 saturated carbocycles. The number of nitriles is 1. The Hall–Kier alpha value is -1.13. The van der Waals surface area contributed by atoms with Gasteiger partial charge in [0.15, 0.2) is 0 Å². The van der Waals surface area contributed by atoms with Gasteiger partial charge in [-0.2, -0.15) is 9.57 Å². The van der Waals surface area contributed by atoms with E-state index >= 15 is 0 Å². The highest BCUT2D eigenvalue weighted by Gasteiger charge is 2.35. The first-order valence-corrected chi connectivity index (χ1v) is 8.78. The van der Waals surface area contributed by atoms with E-state index in [1.54, 1.807) is 0 Å². The van der Waals surface area contributed by atoms with E-state index in [0.29, 0.717) is 24.7 Å². The van der Waals surface area contributed by atoms with Crippen molar-refractivity contribution in [3.8, 4) is 6.07 Å². The molecule has 2 heterocycles. The van der Waals surface area contributed by atoms with Crippen molar-refractivity contribution in [3.05, 3.63) is 28.8 Å². The largest absolute Gasteiger partial charge is 0.310 e. The van der Waals surface area contributed by atoms with Crippen LogP contribution >= 0.6 is 11.6 Å². The van der Waals surface area contributed by atoms with Crippen LogP contribution < -0.4 is 5.32 Å². The van der Waals surface area contributed by atoms with Gasteiger partial charge in [0.2, 0.25) is 10.0 Å². The molecular formula is C14H16ClN3O2S. The molecule has 1 aromatic carbocycles. The summed E-state index contributed by atoms with van der Waals surface area (Å²) in [6, 6.07) is 6.93. The van der Waals surface area contributed by atoms with Crippen LogP contribution in [0.2, 0.25) is 5.02 Å². The minimum Gasteiger partial charge on any atom is -0.310 e. The molecule has 2 aliphatic heterocycles. The molecule has 5 nitrogen and oxygen atoms in total. The molecule has 2 bridgehead atoms. The normalized spacial score (nSPS) is 26.3. The topological polar surface area (TPSA) is 73.2 Å². The SMILES string of the molecule is N#Cc1ccc(Cl)c(S(=O)(=O)N2CCC3CCC(C2)N3)c1. The van der Waals surface area contributed by atoms with E-state index in [-0.39, 0.29) is 16.0 Å². The molecule has 1 aromatic rings. The van der Waals surface area contributed by atoms with E-state index in [1.165, 1.54) is 22.5 Å². The van der Waals surface area contributed by atoms with Crippen molar-refractivity contribution in [2.75, 3.05) is 13.1 Å². The smallest absolute Gasteiger partial charge is 0.244 e. The summed E-state index contributed by atoms with van der Waals surface area (Å²) in [7, 11) is -3.66. The van der Waals surface area contributed by atoms with Gasteiger partial charge in [-0.15, -0.1) is 0 Å². The van der Waals surface area contributed by atoms with Crippen LogP contribution in [-0.4, -0.2) is 37.9 Å². The molecule has 21 heavy (non-hydrogen) atoms. The standard InChI is InChI=1S/C14H16ClN3O2S/c15-13-4-1-10(8-16)7-14(13)21(19,20)18-6-5-11-2-3-12(9-18)17-11/h1,4,7,11-12,17H,2-3,5-6,9H2. The number of fused-ring (bicyclic) bond motifs is 2. The van der Waals surface area contributed by atoms with Crippen LogP contribution in [0, 0.1) is 11.3 Å². The van der Waals surface area contributed by atoms with Crippen molar-refractivity contribution in [2.24, 2.45) is 0 Å². The van der Waals surface area contributed by atoms with Gasteiger partial charge in [0.1, 0.15) is 4.90 Å². The Balaban J connectivity index is 1.95. The second kappa shape index (κ2) is 5.58. The van der Waals surface area contributed by atoms with Crippen LogP contribution in [0.3, 0.4) is 0 Å². The van der Waals surface area contributed by atoms with Crippen molar-refractivity contribution in [1.29, 1.82) is 5.26 Å². The van der Waals surface area contributed by atoms with Gasteiger partial charge >= 0.3 is 0 Å². The van der Waals surface area contributed by atoms with E-state index in [0.717, 1.165) is 19.3 Å². The average Bonchev–Trinajstić information content (AvgIpc) is 2.78. The fraction of sp³-hybridized carbons (Fsp3) is 0.500. The lowest BCUT2D eigenvalue weighted by Gasteiger charge is -2.24. The summed E-state index contributed by atoms with van der Waals surface area (Å²) >= 11 is 6.05. The molecule has 2 aliphatic rings. The molecule has 0 aliphatic carbocycles. The summed E-state index contributed by atoms with van der Waals surface area (Å²) in [5.74, 6) is 0. The number of hydrogen-bond donors (Lipinski definition) is 1. The summed E-state index contributed by atoms with van der Waals surface area (Å²) in [5.41, 5.74) is 0.299. The number of benzene rings is 1.